The van der Waals surface area contributed by atoms with E-state index in [1.165, 1.54) is 25.7 Å². The van der Waals surface area contributed by atoms with Crippen LogP contribution in [0.5, 0.6) is 0 Å². The third kappa shape index (κ3) is 5.08. The minimum Gasteiger partial charge on any atom is -0.355 e. The molecule has 23 heavy (non-hydrogen) atoms. The van der Waals surface area contributed by atoms with Gasteiger partial charge < -0.3 is 10.2 Å². The lowest BCUT2D eigenvalue weighted by Gasteiger charge is -2.28. The van der Waals surface area contributed by atoms with E-state index in [9.17, 15) is 9.59 Å². The standard InChI is InChI=1S/C19H28N2O2/c1-14-5-4-6-16(11-14)12-18(22)21(3)13-15-7-9-17(10-8-15)19(23)20-2/h7-10,14,16H,4-6,11-13H2,1-3H3,(H,20,23)/t14-,16-/m1/s1. The SMILES string of the molecule is CNC(=O)c1ccc(CN(C)C(=O)C[C@@H]2CCC[C@@H](C)C2)cc1. The topological polar surface area (TPSA) is 49.4 Å². The monoisotopic (exact) mass is 316 g/mol. The van der Waals surface area contributed by atoms with Gasteiger partial charge in [0.25, 0.3) is 5.91 Å². The normalized spacial score (nSPS) is 20.8. The summed E-state index contributed by atoms with van der Waals surface area (Å²) in [7, 11) is 3.48. The number of nitrogens with zero attached hydrogens (tertiary/aromatic N) is 1. The summed E-state index contributed by atoms with van der Waals surface area (Å²) in [6.07, 6.45) is 5.59. The van der Waals surface area contributed by atoms with Crippen LogP contribution in [0.2, 0.25) is 0 Å². The van der Waals surface area contributed by atoms with Gasteiger partial charge in [0.05, 0.1) is 0 Å². The quantitative estimate of drug-likeness (QED) is 0.907. The van der Waals surface area contributed by atoms with Crippen molar-refractivity contribution in [2.75, 3.05) is 14.1 Å². The van der Waals surface area contributed by atoms with E-state index in [2.05, 4.69) is 12.2 Å². The molecule has 0 saturated heterocycles. The van der Waals surface area contributed by atoms with Crippen molar-refractivity contribution in [2.24, 2.45) is 11.8 Å². The Morgan fingerprint density at radius 3 is 2.52 bits per heavy atom. The van der Waals surface area contributed by atoms with Crippen LogP contribution >= 0.6 is 0 Å². The molecule has 0 bridgehead atoms. The number of rotatable bonds is 5. The van der Waals surface area contributed by atoms with E-state index in [-0.39, 0.29) is 11.8 Å². The molecule has 0 aliphatic heterocycles. The number of benzene rings is 1. The molecule has 1 fully saturated rings. The smallest absolute Gasteiger partial charge is 0.251 e. The Morgan fingerprint density at radius 1 is 1.22 bits per heavy atom. The summed E-state index contributed by atoms with van der Waals surface area (Å²) in [5, 5.41) is 2.61. The predicted octanol–water partition coefficient (Wildman–Crippen LogP) is 3.22. The van der Waals surface area contributed by atoms with Crippen molar-refractivity contribution < 1.29 is 9.59 Å². The molecule has 126 valence electrons. The fourth-order valence-electron chi connectivity index (χ4n) is 3.42. The molecule has 1 saturated carbocycles. The number of carbonyl (C=O) groups excluding carboxylic acids is 2. The second-order valence-electron chi connectivity index (χ2n) is 6.87. The summed E-state index contributed by atoms with van der Waals surface area (Å²) < 4.78 is 0. The Morgan fingerprint density at radius 2 is 1.91 bits per heavy atom. The first-order chi connectivity index (χ1) is 11.0. The van der Waals surface area contributed by atoms with Gasteiger partial charge in [-0.3, -0.25) is 9.59 Å². The third-order valence-electron chi connectivity index (χ3n) is 4.80. The van der Waals surface area contributed by atoms with Crippen molar-refractivity contribution in [2.45, 2.75) is 45.6 Å². The van der Waals surface area contributed by atoms with Crippen molar-refractivity contribution in [1.29, 1.82) is 0 Å². The van der Waals surface area contributed by atoms with Crippen molar-refractivity contribution in [1.82, 2.24) is 10.2 Å². The molecular weight excluding hydrogens is 288 g/mol. The van der Waals surface area contributed by atoms with E-state index in [0.29, 0.717) is 24.4 Å². The number of nitrogens with one attached hydrogen (secondary N) is 1. The van der Waals surface area contributed by atoms with Crippen LogP contribution in [0.15, 0.2) is 24.3 Å². The van der Waals surface area contributed by atoms with Crippen molar-refractivity contribution in [3.8, 4) is 0 Å². The average molecular weight is 316 g/mol. The fourth-order valence-corrected chi connectivity index (χ4v) is 3.42. The first-order valence-electron chi connectivity index (χ1n) is 8.54. The molecule has 1 aliphatic carbocycles. The van der Waals surface area contributed by atoms with Gasteiger partial charge >= 0.3 is 0 Å². The van der Waals surface area contributed by atoms with Crippen LogP contribution in [0, 0.1) is 11.8 Å². The molecule has 2 amide bonds. The summed E-state index contributed by atoms with van der Waals surface area (Å²) in [6.45, 7) is 2.88. The van der Waals surface area contributed by atoms with E-state index < -0.39 is 0 Å². The molecule has 2 rings (SSSR count). The summed E-state index contributed by atoms with van der Waals surface area (Å²) in [5.74, 6) is 1.43. The zero-order valence-electron chi connectivity index (χ0n) is 14.5. The summed E-state index contributed by atoms with van der Waals surface area (Å²) >= 11 is 0. The lowest BCUT2D eigenvalue weighted by molar-refractivity contribution is -0.131. The maximum atomic E-state index is 12.4. The minimum absolute atomic E-state index is 0.0904. The van der Waals surface area contributed by atoms with Gasteiger partial charge in [-0.15, -0.1) is 0 Å². The molecule has 0 spiro atoms. The van der Waals surface area contributed by atoms with E-state index >= 15 is 0 Å². The summed E-state index contributed by atoms with van der Waals surface area (Å²) in [6, 6.07) is 7.43. The molecule has 0 radical (unpaired) electrons. The van der Waals surface area contributed by atoms with Crippen molar-refractivity contribution in [3.05, 3.63) is 35.4 Å². The van der Waals surface area contributed by atoms with Gasteiger partial charge in [-0.1, -0.05) is 31.9 Å². The molecule has 0 heterocycles. The lowest BCUT2D eigenvalue weighted by atomic mass is 9.80. The van der Waals surface area contributed by atoms with E-state index in [1.54, 1.807) is 24.1 Å². The molecule has 1 N–H and O–H groups in total. The average Bonchev–Trinajstić information content (AvgIpc) is 2.54. The third-order valence-corrected chi connectivity index (χ3v) is 4.80. The lowest BCUT2D eigenvalue weighted by Crippen LogP contribution is -2.29. The molecular formula is C19H28N2O2. The Hall–Kier alpha value is -1.84. The fraction of sp³-hybridized carbons (Fsp3) is 0.579. The second kappa shape index (κ2) is 8.14. The van der Waals surface area contributed by atoms with Crippen molar-refractivity contribution >= 4 is 11.8 Å². The van der Waals surface area contributed by atoms with Gasteiger partial charge in [-0.05, 0) is 42.4 Å². The second-order valence-corrected chi connectivity index (χ2v) is 6.87. The van der Waals surface area contributed by atoms with Crippen LogP contribution in [-0.2, 0) is 11.3 Å². The molecule has 1 aromatic rings. The number of amides is 2. The zero-order valence-corrected chi connectivity index (χ0v) is 14.5. The van der Waals surface area contributed by atoms with E-state index in [4.69, 9.17) is 0 Å². The maximum absolute atomic E-state index is 12.4. The van der Waals surface area contributed by atoms with Crippen molar-refractivity contribution in [3.63, 3.8) is 0 Å². The van der Waals surface area contributed by atoms with Crippen LogP contribution in [0.25, 0.3) is 0 Å². The van der Waals surface area contributed by atoms with Crippen LogP contribution < -0.4 is 5.32 Å². The molecule has 4 heteroatoms. The molecule has 2 atom stereocenters. The molecule has 1 aromatic carbocycles. The van der Waals surface area contributed by atoms with Gasteiger partial charge in [0.1, 0.15) is 0 Å². The highest BCUT2D eigenvalue weighted by Gasteiger charge is 2.22. The number of hydrogen-bond acceptors (Lipinski definition) is 2. The number of carbonyl (C=O) groups is 2. The molecule has 4 nitrogen and oxygen atoms in total. The Bertz CT molecular complexity index is 539. The number of hydrogen-bond donors (Lipinski definition) is 1. The highest BCUT2D eigenvalue weighted by atomic mass is 16.2. The van der Waals surface area contributed by atoms with Crippen LogP contribution in [0.3, 0.4) is 0 Å². The van der Waals surface area contributed by atoms with Gasteiger partial charge in [0, 0.05) is 32.6 Å². The van der Waals surface area contributed by atoms with Gasteiger partial charge in [0.2, 0.25) is 5.91 Å². The highest BCUT2D eigenvalue weighted by molar-refractivity contribution is 5.93. The van der Waals surface area contributed by atoms with Gasteiger partial charge in [-0.2, -0.15) is 0 Å². The maximum Gasteiger partial charge on any atom is 0.251 e. The Kier molecular flexibility index (Phi) is 6.20. The van der Waals surface area contributed by atoms with Crippen LogP contribution in [-0.4, -0.2) is 30.8 Å². The zero-order chi connectivity index (χ0) is 16.8. The summed E-state index contributed by atoms with van der Waals surface area (Å²) in [4.78, 5) is 25.7. The summed E-state index contributed by atoms with van der Waals surface area (Å²) in [5.41, 5.74) is 1.69. The highest BCUT2D eigenvalue weighted by Crippen LogP contribution is 2.31. The largest absolute Gasteiger partial charge is 0.355 e. The Labute approximate surface area is 139 Å². The first-order valence-corrected chi connectivity index (χ1v) is 8.54. The van der Waals surface area contributed by atoms with Gasteiger partial charge in [0.15, 0.2) is 0 Å². The first kappa shape index (κ1) is 17.5. The minimum atomic E-state index is -0.0904. The Balaban J connectivity index is 1.86. The molecule has 0 unspecified atom stereocenters. The molecule has 1 aliphatic rings. The van der Waals surface area contributed by atoms with E-state index in [1.807, 2.05) is 19.2 Å². The van der Waals surface area contributed by atoms with E-state index in [0.717, 1.165) is 11.5 Å². The van der Waals surface area contributed by atoms with Gasteiger partial charge in [-0.25, -0.2) is 0 Å². The predicted molar refractivity (Wildman–Crippen MR) is 92.0 cm³/mol. The van der Waals surface area contributed by atoms with Crippen LogP contribution in [0.1, 0.15) is 54.9 Å². The van der Waals surface area contributed by atoms with Crippen LogP contribution in [0.4, 0.5) is 0 Å². The molecule has 0 aromatic heterocycles.